The SMILES string of the molecule is Cc1ccc(C(C)C)c(OCC(=O)Nc2ccc(Cc3c(C)nn(C)c3C)cc2)c1. The standard InChI is InChI=1S/C25H31N3O2/c1-16(2)22-12-7-17(3)13-24(22)30-15-25(29)26-21-10-8-20(9-11-21)14-23-18(4)27-28(6)19(23)5/h7-13,16H,14-15H2,1-6H3,(H,26,29). The molecule has 1 heterocycles. The summed E-state index contributed by atoms with van der Waals surface area (Å²) in [4.78, 5) is 12.4. The first kappa shape index (κ1) is 21.6. The number of rotatable bonds is 7. The number of carbonyl (C=O) groups is 1. The van der Waals surface area contributed by atoms with E-state index in [2.05, 4.69) is 43.3 Å². The van der Waals surface area contributed by atoms with Crippen molar-refractivity contribution in [2.45, 2.75) is 47.0 Å². The molecule has 0 spiro atoms. The maximum atomic E-state index is 12.4. The predicted molar refractivity (Wildman–Crippen MR) is 121 cm³/mol. The second-order valence-corrected chi connectivity index (χ2v) is 8.18. The first-order valence-electron chi connectivity index (χ1n) is 10.4. The second-order valence-electron chi connectivity index (χ2n) is 8.18. The van der Waals surface area contributed by atoms with Gasteiger partial charge in [-0.2, -0.15) is 5.10 Å². The van der Waals surface area contributed by atoms with Crippen molar-refractivity contribution >= 4 is 11.6 Å². The Balaban J connectivity index is 1.59. The number of nitrogens with one attached hydrogen (secondary N) is 1. The van der Waals surface area contributed by atoms with Crippen LogP contribution in [0.15, 0.2) is 42.5 Å². The number of hydrogen-bond acceptors (Lipinski definition) is 3. The molecule has 0 aliphatic carbocycles. The molecule has 1 N–H and O–H groups in total. The Hall–Kier alpha value is -3.08. The molecule has 2 aromatic carbocycles. The van der Waals surface area contributed by atoms with Crippen LogP contribution in [-0.4, -0.2) is 22.3 Å². The van der Waals surface area contributed by atoms with Crippen LogP contribution in [0.5, 0.6) is 5.75 Å². The molecule has 0 aliphatic heterocycles. The van der Waals surface area contributed by atoms with Crippen LogP contribution in [-0.2, 0) is 18.3 Å². The Kier molecular flexibility index (Phi) is 6.60. The summed E-state index contributed by atoms with van der Waals surface area (Å²) in [5, 5.41) is 7.39. The first-order chi connectivity index (χ1) is 14.2. The molecule has 0 saturated carbocycles. The third-order valence-corrected chi connectivity index (χ3v) is 5.43. The molecule has 0 saturated heterocycles. The number of aromatic nitrogens is 2. The van der Waals surface area contributed by atoms with Crippen LogP contribution in [0.3, 0.4) is 0 Å². The molecule has 30 heavy (non-hydrogen) atoms. The number of benzene rings is 2. The Labute approximate surface area is 179 Å². The average Bonchev–Trinajstić information content (AvgIpc) is 2.93. The molecule has 0 bridgehead atoms. The largest absolute Gasteiger partial charge is 0.483 e. The third-order valence-electron chi connectivity index (χ3n) is 5.43. The van der Waals surface area contributed by atoms with Crippen molar-refractivity contribution in [3.63, 3.8) is 0 Å². The van der Waals surface area contributed by atoms with Gasteiger partial charge in [0, 0.05) is 30.4 Å². The van der Waals surface area contributed by atoms with Gasteiger partial charge in [-0.1, -0.05) is 38.1 Å². The van der Waals surface area contributed by atoms with E-state index < -0.39 is 0 Å². The van der Waals surface area contributed by atoms with Crippen LogP contribution < -0.4 is 10.1 Å². The Bertz CT molecular complexity index is 1030. The van der Waals surface area contributed by atoms with E-state index in [9.17, 15) is 4.79 Å². The molecule has 1 amide bonds. The van der Waals surface area contributed by atoms with Crippen LogP contribution in [0, 0.1) is 20.8 Å². The molecule has 0 radical (unpaired) electrons. The number of carbonyl (C=O) groups excluding carboxylic acids is 1. The van der Waals surface area contributed by atoms with Gasteiger partial charge in [-0.3, -0.25) is 9.48 Å². The lowest BCUT2D eigenvalue weighted by atomic mass is 10.0. The van der Waals surface area contributed by atoms with Crippen LogP contribution in [0.1, 0.15) is 53.4 Å². The Morgan fingerprint density at radius 3 is 2.40 bits per heavy atom. The molecule has 5 heteroatoms. The van der Waals surface area contributed by atoms with Crippen molar-refractivity contribution in [2.24, 2.45) is 7.05 Å². The monoisotopic (exact) mass is 405 g/mol. The minimum absolute atomic E-state index is 0.0149. The summed E-state index contributed by atoms with van der Waals surface area (Å²) in [5.74, 6) is 0.943. The normalized spacial score (nSPS) is 11.0. The average molecular weight is 406 g/mol. The molecule has 3 rings (SSSR count). The fourth-order valence-corrected chi connectivity index (χ4v) is 3.57. The van der Waals surface area contributed by atoms with Gasteiger partial charge < -0.3 is 10.1 Å². The first-order valence-corrected chi connectivity index (χ1v) is 10.4. The smallest absolute Gasteiger partial charge is 0.262 e. The van der Waals surface area contributed by atoms with Gasteiger partial charge in [0.1, 0.15) is 5.75 Å². The summed E-state index contributed by atoms with van der Waals surface area (Å²) in [6, 6.07) is 14.1. The number of aryl methyl sites for hydroxylation is 3. The summed E-state index contributed by atoms with van der Waals surface area (Å²) in [6.07, 6.45) is 0.828. The van der Waals surface area contributed by atoms with Gasteiger partial charge in [0.15, 0.2) is 6.61 Å². The number of anilines is 1. The minimum atomic E-state index is -0.169. The van der Waals surface area contributed by atoms with E-state index in [0.29, 0.717) is 5.92 Å². The maximum Gasteiger partial charge on any atom is 0.262 e. The summed E-state index contributed by atoms with van der Waals surface area (Å²) in [5.41, 5.74) is 7.66. The van der Waals surface area contributed by atoms with E-state index >= 15 is 0 Å². The van der Waals surface area contributed by atoms with Crippen LogP contribution in [0.4, 0.5) is 5.69 Å². The van der Waals surface area contributed by atoms with Gasteiger partial charge in [-0.25, -0.2) is 0 Å². The van der Waals surface area contributed by atoms with E-state index in [-0.39, 0.29) is 12.5 Å². The minimum Gasteiger partial charge on any atom is -0.483 e. The summed E-state index contributed by atoms with van der Waals surface area (Å²) >= 11 is 0. The molecule has 0 atom stereocenters. The lowest BCUT2D eigenvalue weighted by molar-refractivity contribution is -0.118. The van der Waals surface area contributed by atoms with Crippen molar-refractivity contribution in [3.8, 4) is 5.75 Å². The van der Waals surface area contributed by atoms with E-state index in [1.165, 1.54) is 16.8 Å². The zero-order chi connectivity index (χ0) is 21.8. The van der Waals surface area contributed by atoms with Gasteiger partial charge in [-0.15, -0.1) is 0 Å². The Morgan fingerprint density at radius 1 is 1.10 bits per heavy atom. The second kappa shape index (κ2) is 9.16. The fourth-order valence-electron chi connectivity index (χ4n) is 3.57. The maximum absolute atomic E-state index is 12.4. The quantitative estimate of drug-likeness (QED) is 0.597. The highest BCUT2D eigenvalue weighted by atomic mass is 16.5. The van der Waals surface area contributed by atoms with Crippen LogP contribution in [0.2, 0.25) is 0 Å². The van der Waals surface area contributed by atoms with E-state index in [0.717, 1.165) is 34.7 Å². The molecule has 158 valence electrons. The number of hydrogen-bond donors (Lipinski definition) is 1. The summed E-state index contributed by atoms with van der Waals surface area (Å²) < 4.78 is 7.74. The van der Waals surface area contributed by atoms with Crippen LogP contribution in [0.25, 0.3) is 0 Å². The highest BCUT2D eigenvalue weighted by Crippen LogP contribution is 2.27. The van der Waals surface area contributed by atoms with Crippen molar-refractivity contribution in [1.29, 1.82) is 0 Å². The highest BCUT2D eigenvalue weighted by Gasteiger charge is 2.12. The molecular formula is C25H31N3O2. The lowest BCUT2D eigenvalue weighted by Gasteiger charge is -2.15. The van der Waals surface area contributed by atoms with Gasteiger partial charge >= 0.3 is 0 Å². The summed E-state index contributed by atoms with van der Waals surface area (Å²) in [7, 11) is 1.97. The zero-order valence-electron chi connectivity index (χ0n) is 18.7. The molecule has 0 unspecified atom stereocenters. The summed E-state index contributed by atoms with van der Waals surface area (Å²) in [6.45, 7) is 10.4. The van der Waals surface area contributed by atoms with Gasteiger partial charge in [0.05, 0.1) is 5.69 Å². The van der Waals surface area contributed by atoms with E-state index in [4.69, 9.17) is 4.74 Å². The topological polar surface area (TPSA) is 56.1 Å². The molecule has 0 fully saturated rings. The van der Waals surface area contributed by atoms with Gasteiger partial charge in [0.2, 0.25) is 0 Å². The number of ether oxygens (including phenoxy) is 1. The molecular weight excluding hydrogens is 374 g/mol. The van der Waals surface area contributed by atoms with E-state index in [1.54, 1.807) is 0 Å². The molecule has 1 aromatic heterocycles. The van der Waals surface area contributed by atoms with E-state index in [1.807, 2.05) is 55.9 Å². The molecule has 3 aromatic rings. The molecule has 0 aliphatic rings. The van der Waals surface area contributed by atoms with Crippen molar-refractivity contribution in [3.05, 3.63) is 76.1 Å². The molecule has 5 nitrogen and oxygen atoms in total. The predicted octanol–water partition coefficient (Wildman–Crippen LogP) is 5.08. The lowest BCUT2D eigenvalue weighted by Crippen LogP contribution is -2.20. The van der Waals surface area contributed by atoms with Crippen molar-refractivity contribution < 1.29 is 9.53 Å². The fraction of sp³-hybridized carbons (Fsp3) is 0.360. The van der Waals surface area contributed by atoms with Crippen molar-refractivity contribution in [2.75, 3.05) is 11.9 Å². The highest BCUT2D eigenvalue weighted by molar-refractivity contribution is 5.91. The van der Waals surface area contributed by atoms with Crippen molar-refractivity contribution in [1.82, 2.24) is 9.78 Å². The number of amides is 1. The van der Waals surface area contributed by atoms with Gasteiger partial charge in [0.25, 0.3) is 5.91 Å². The third kappa shape index (κ3) is 5.09. The number of nitrogens with zero attached hydrogens (tertiary/aromatic N) is 2. The van der Waals surface area contributed by atoms with Crippen LogP contribution >= 0.6 is 0 Å². The van der Waals surface area contributed by atoms with Gasteiger partial charge in [-0.05, 0) is 61.6 Å². The Morgan fingerprint density at radius 2 is 1.80 bits per heavy atom. The zero-order valence-corrected chi connectivity index (χ0v) is 18.7.